The summed E-state index contributed by atoms with van der Waals surface area (Å²) in [5, 5.41) is 9.10. The number of para-hydroxylation sites is 1. The van der Waals surface area contributed by atoms with Crippen LogP contribution < -0.4 is 0 Å². The molecule has 1 aliphatic rings. The zero-order valence-electron chi connectivity index (χ0n) is 11.2. The first kappa shape index (κ1) is 14.3. The lowest BCUT2D eigenvalue weighted by Crippen LogP contribution is -2.33. The van der Waals surface area contributed by atoms with Crippen LogP contribution in [0.1, 0.15) is 5.69 Å². The van der Waals surface area contributed by atoms with E-state index in [4.69, 9.17) is 5.11 Å². The minimum Gasteiger partial charge on any atom is -0.480 e. The molecule has 0 unspecified atom stereocenters. The third-order valence-corrected chi connectivity index (χ3v) is 3.97. The Kier molecular flexibility index (Phi) is 3.64. The zero-order valence-corrected chi connectivity index (χ0v) is 12.0. The normalized spacial score (nSPS) is 16.7. The summed E-state index contributed by atoms with van der Waals surface area (Å²) in [6, 6.07) is 11.2. The van der Waals surface area contributed by atoms with Gasteiger partial charge < -0.3 is 5.11 Å². The molecule has 0 atom stereocenters. The zero-order chi connectivity index (χ0) is 15.7. The van der Waals surface area contributed by atoms with Crippen LogP contribution in [-0.2, 0) is 9.59 Å². The van der Waals surface area contributed by atoms with Crippen molar-refractivity contribution in [3.63, 3.8) is 0 Å². The summed E-state index contributed by atoms with van der Waals surface area (Å²) in [7, 11) is 0. The lowest BCUT2D eigenvalue weighted by molar-refractivity contribution is -0.140. The number of benzene rings is 1. The monoisotopic (exact) mass is 314 g/mol. The molecule has 1 N–H and O–H groups in total. The highest BCUT2D eigenvalue weighted by Crippen LogP contribution is 2.31. The van der Waals surface area contributed by atoms with E-state index < -0.39 is 23.7 Å². The largest absolute Gasteiger partial charge is 0.480 e. The Morgan fingerprint density at radius 3 is 2.77 bits per heavy atom. The van der Waals surface area contributed by atoms with E-state index in [-0.39, 0.29) is 4.91 Å². The number of pyridine rings is 1. The highest BCUT2D eigenvalue weighted by atomic mass is 32.2. The van der Waals surface area contributed by atoms with Crippen molar-refractivity contribution in [3.8, 4) is 0 Å². The number of carboxylic acids is 1. The van der Waals surface area contributed by atoms with E-state index >= 15 is 0 Å². The number of imide groups is 1. The summed E-state index contributed by atoms with van der Waals surface area (Å²) >= 11 is 0.719. The standard InChI is InChI=1S/C15H10N2O4S/c18-13(19)8-17-14(20)12(22-15(17)21)7-10-6-5-9-3-1-2-4-11(9)16-10/h1-7H,8H2,(H,18,19). The van der Waals surface area contributed by atoms with E-state index in [0.717, 1.165) is 22.7 Å². The van der Waals surface area contributed by atoms with E-state index in [0.29, 0.717) is 10.6 Å². The van der Waals surface area contributed by atoms with Gasteiger partial charge in [0.1, 0.15) is 6.54 Å². The topological polar surface area (TPSA) is 87.6 Å². The van der Waals surface area contributed by atoms with E-state index in [2.05, 4.69) is 4.98 Å². The number of aliphatic carboxylic acids is 1. The van der Waals surface area contributed by atoms with Crippen molar-refractivity contribution in [2.75, 3.05) is 6.54 Å². The Labute approximate surface area is 129 Å². The molecule has 2 amide bonds. The number of carbonyl (C=O) groups is 3. The Morgan fingerprint density at radius 1 is 1.23 bits per heavy atom. The maximum Gasteiger partial charge on any atom is 0.323 e. The number of hydrogen-bond donors (Lipinski definition) is 1. The number of aromatic nitrogens is 1. The van der Waals surface area contributed by atoms with Crippen LogP contribution in [0.25, 0.3) is 17.0 Å². The fourth-order valence-corrected chi connectivity index (χ4v) is 2.89. The molecule has 110 valence electrons. The van der Waals surface area contributed by atoms with Gasteiger partial charge in [0.15, 0.2) is 0 Å². The van der Waals surface area contributed by atoms with Gasteiger partial charge in [-0.2, -0.15) is 0 Å². The Balaban J connectivity index is 1.92. The molecule has 0 bridgehead atoms. The van der Waals surface area contributed by atoms with Gasteiger partial charge in [-0.3, -0.25) is 19.3 Å². The molecule has 7 heteroatoms. The second-order valence-corrected chi connectivity index (χ2v) is 5.58. The second-order valence-electron chi connectivity index (χ2n) is 4.59. The van der Waals surface area contributed by atoms with E-state index in [9.17, 15) is 14.4 Å². The van der Waals surface area contributed by atoms with E-state index in [1.54, 1.807) is 6.07 Å². The molecule has 1 aliphatic heterocycles. The average Bonchev–Trinajstić information content (AvgIpc) is 2.74. The van der Waals surface area contributed by atoms with E-state index in [1.807, 2.05) is 30.3 Å². The molecule has 1 aromatic carbocycles. The van der Waals surface area contributed by atoms with Gasteiger partial charge in [-0.1, -0.05) is 24.3 Å². The first-order valence-electron chi connectivity index (χ1n) is 6.37. The van der Waals surface area contributed by atoms with Gasteiger partial charge in [0.25, 0.3) is 11.1 Å². The Bertz CT molecular complexity index is 831. The smallest absolute Gasteiger partial charge is 0.323 e. The summed E-state index contributed by atoms with van der Waals surface area (Å²) < 4.78 is 0. The molecule has 22 heavy (non-hydrogen) atoms. The summed E-state index contributed by atoms with van der Waals surface area (Å²) in [5.74, 6) is -1.83. The number of thioether (sulfide) groups is 1. The summed E-state index contributed by atoms with van der Waals surface area (Å²) in [5.41, 5.74) is 1.32. The number of amides is 2. The molecule has 0 spiro atoms. The van der Waals surface area contributed by atoms with Crippen LogP contribution in [0, 0.1) is 0 Å². The highest BCUT2D eigenvalue weighted by molar-refractivity contribution is 8.18. The van der Waals surface area contributed by atoms with Crippen LogP contribution >= 0.6 is 11.8 Å². The molecule has 2 heterocycles. The fraction of sp³-hybridized carbons (Fsp3) is 0.0667. The second kappa shape index (κ2) is 5.61. The van der Waals surface area contributed by atoms with Gasteiger partial charge in [0.2, 0.25) is 0 Å². The first-order chi connectivity index (χ1) is 10.5. The molecular weight excluding hydrogens is 304 g/mol. The minimum atomic E-state index is -1.23. The van der Waals surface area contributed by atoms with Crippen LogP contribution in [0.3, 0.4) is 0 Å². The van der Waals surface area contributed by atoms with Crippen molar-refractivity contribution in [2.24, 2.45) is 0 Å². The van der Waals surface area contributed by atoms with Crippen LogP contribution in [0.5, 0.6) is 0 Å². The number of hydrogen-bond acceptors (Lipinski definition) is 5. The number of nitrogens with zero attached hydrogens (tertiary/aromatic N) is 2. The Hall–Kier alpha value is -2.67. The van der Waals surface area contributed by atoms with Crippen molar-refractivity contribution in [1.82, 2.24) is 9.88 Å². The van der Waals surface area contributed by atoms with Crippen molar-refractivity contribution in [1.29, 1.82) is 0 Å². The van der Waals surface area contributed by atoms with Crippen LogP contribution in [0.4, 0.5) is 4.79 Å². The Morgan fingerprint density at radius 2 is 2.00 bits per heavy atom. The van der Waals surface area contributed by atoms with Crippen LogP contribution in [0.15, 0.2) is 41.3 Å². The van der Waals surface area contributed by atoms with Gasteiger partial charge in [0.05, 0.1) is 16.1 Å². The maximum absolute atomic E-state index is 12.0. The van der Waals surface area contributed by atoms with Crippen LogP contribution in [0.2, 0.25) is 0 Å². The molecule has 2 aromatic rings. The number of carboxylic acid groups (broad SMARTS) is 1. The summed E-state index contributed by atoms with van der Waals surface area (Å²) in [4.78, 5) is 39.7. The molecule has 1 fully saturated rings. The number of carbonyl (C=O) groups excluding carboxylic acids is 2. The molecule has 3 rings (SSSR count). The van der Waals surface area contributed by atoms with Gasteiger partial charge in [0, 0.05) is 5.39 Å². The van der Waals surface area contributed by atoms with Gasteiger partial charge in [-0.25, -0.2) is 4.98 Å². The average molecular weight is 314 g/mol. The van der Waals surface area contributed by atoms with Crippen molar-refractivity contribution < 1.29 is 19.5 Å². The molecule has 6 nitrogen and oxygen atoms in total. The SMILES string of the molecule is O=C(O)CN1C(=O)SC(=Cc2ccc3ccccc3n2)C1=O. The van der Waals surface area contributed by atoms with Crippen molar-refractivity contribution in [3.05, 3.63) is 47.0 Å². The van der Waals surface area contributed by atoms with Crippen LogP contribution in [-0.4, -0.2) is 38.7 Å². The highest BCUT2D eigenvalue weighted by Gasteiger charge is 2.36. The number of rotatable bonds is 3. The van der Waals surface area contributed by atoms with E-state index in [1.165, 1.54) is 6.08 Å². The molecular formula is C15H10N2O4S. The molecule has 0 radical (unpaired) electrons. The van der Waals surface area contributed by atoms with Gasteiger partial charge in [-0.15, -0.1) is 0 Å². The van der Waals surface area contributed by atoms with Gasteiger partial charge in [-0.05, 0) is 30.0 Å². The number of fused-ring (bicyclic) bond motifs is 1. The first-order valence-corrected chi connectivity index (χ1v) is 7.19. The quantitative estimate of drug-likeness (QED) is 0.875. The summed E-state index contributed by atoms with van der Waals surface area (Å²) in [6.07, 6.45) is 1.50. The predicted octanol–water partition coefficient (Wildman–Crippen LogP) is 2.36. The van der Waals surface area contributed by atoms with Crippen molar-refractivity contribution >= 4 is 45.9 Å². The van der Waals surface area contributed by atoms with Crippen molar-refractivity contribution in [2.45, 2.75) is 0 Å². The third kappa shape index (κ3) is 2.71. The predicted molar refractivity (Wildman–Crippen MR) is 82.1 cm³/mol. The lowest BCUT2D eigenvalue weighted by atomic mass is 10.2. The minimum absolute atomic E-state index is 0.175. The maximum atomic E-state index is 12.0. The fourth-order valence-electron chi connectivity index (χ4n) is 2.07. The summed E-state index contributed by atoms with van der Waals surface area (Å²) in [6.45, 7) is -0.632. The van der Waals surface area contributed by atoms with Gasteiger partial charge >= 0.3 is 5.97 Å². The lowest BCUT2D eigenvalue weighted by Gasteiger charge is -2.07. The molecule has 1 saturated heterocycles. The third-order valence-electron chi connectivity index (χ3n) is 3.07. The molecule has 0 saturated carbocycles. The molecule has 0 aliphatic carbocycles. The molecule has 1 aromatic heterocycles.